The van der Waals surface area contributed by atoms with Gasteiger partial charge in [0.05, 0.1) is 0 Å². The Labute approximate surface area is 80.9 Å². The van der Waals surface area contributed by atoms with Gasteiger partial charge in [-0.2, -0.15) is 0 Å². The Morgan fingerprint density at radius 1 is 1.15 bits per heavy atom. The highest BCUT2D eigenvalue weighted by Gasteiger charge is 2.24. The molecule has 0 aromatic rings. The molecule has 13 heavy (non-hydrogen) atoms. The first-order chi connectivity index (χ1) is 6.36. The zero-order valence-corrected chi connectivity index (χ0v) is 8.55. The summed E-state index contributed by atoms with van der Waals surface area (Å²) >= 11 is 0. The van der Waals surface area contributed by atoms with E-state index in [-0.39, 0.29) is 0 Å². The maximum atomic E-state index is 3.49. The molecule has 2 fully saturated rings. The van der Waals surface area contributed by atoms with Gasteiger partial charge in [-0.3, -0.25) is 4.90 Å². The minimum Gasteiger partial charge on any atom is -0.315 e. The van der Waals surface area contributed by atoms with Crippen molar-refractivity contribution in [2.24, 2.45) is 5.92 Å². The highest BCUT2D eigenvalue weighted by Crippen LogP contribution is 2.12. The van der Waals surface area contributed by atoms with Gasteiger partial charge in [-0.1, -0.05) is 6.92 Å². The molecule has 76 valence electrons. The van der Waals surface area contributed by atoms with Crippen molar-refractivity contribution >= 4 is 0 Å². The first kappa shape index (κ1) is 9.44. The van der Waals surface area contributed by atoms with E-state index in [4.69, 9.17) is 0 Å². The number of nitrogens with zero attached hydrogens (tertiary/aromatic N) is 1. The molecule has 2 unspecified atom stereocenters. The molecular formula is C10H21N3. The number of rotatable bonds is 1. The monoisotopic (exact) mass is 183 g/mol. The molecule has 0 spiro atoms. The van der Waals surface area contributed by atoms with Crippen LogP contribution >= 0.6 is 0 Å². The Kier molecular flexibility index (Phi) is 3.19. The van der Waals surface area contributed by atoms with Crippen LogP contribution in [0, 0.1) is 5.92 Å². The molecule has 0 aromatic carbocycles. The maximum absolute atomic E-state index is 3.49. The summed E-state index contributed by atoms with van der Waals surface area (Å²) < 4.78 is 0. The summed E-state index contributed by atoms with van der Waals surface area (Å²) in [5.41, 5.74) is 0. The van der Waals surface area contributed by atoms with Crippen molar-refractivity contribution in [2.75, 3.05) is 39.3 Å². The predicted octanol–water partition coefficient (Wildman–Crippen LogP) is -0.110. The van der Waals surface area contributed by atoms with Gasteiger partial charge in [-0.15, -0.1) is 0 Å². The molecule has 2 rings (SSSR count). The molecule has 2 aliphatic rings. The number of hydrogen-bond donors (Lipinski definition) is 2. The van der Waals surface area contributed by atoms with Gasteiger partial charge in [0.25, 0.3) is 0 Å². The van der Waals surface area contributed by atoms with E-state index in [1.807, 2.05) is 0 Å². The summed E-state index contributed by atoms with van der Waals surface area (Å²) in [4.78, 5) is 2.66. The lowest BCUT2D eigenvalue weighted by atomic mass is 10.1. The van der Waals surface area contributed by atoms with E-state index < -0.39 is 0 Å². The van der Waals surface area contributed by atoms with Gasteiger partial charge >= 0.3 is 0 Å². The Balaban J connectivity index is 1.88. The standard InChI is InChI=1S/C10H21N3/c1-9-6-12-4-5-13(8-9)10-2-3-11-7-10/h9-12H,2-8H2,1H3. The Morgan fingerprint density at radius 3 is 2.77 bits per heavy atom. The molecule has 2 atom stereocenters. The molecule has 3 nitrogen and oxygen atoms in total. The summed E-state index contributed by atoms with van der Waals surface area (Å²) in [5, 5.41) is 6.93. The second-order valence-corrected chi connectivity index (χ2v) is 4.45. The molecule has 0 saturated carbocycles. The van der Waals surface area contributed by atoms with Crippen LogP contribution in [0.4, 0.5) is 0 Å². The van der Waals surface area contributed by atoms with E-state index in [2.05, 4.69) is 22.5 Å². The van der Waals surface area contributed by atoms with Gasteiger partial charge < -0.3 is 10.6 Å². The van der Waals surface area contributed by atoms with Gasteiger partial charge in [0.15, 0.2) is 0 Å². The Morgan fingerprint density at radius 2 is 2.00 bits per heavy atom. The molecule has 0 bridgehead atoms. The first-order valence-corrected chi connectivity index (χ1v) is 5.52. The normalized spacial score (nSPS) is 37.6. The van der Waals surface area contributed by atoms with Crippen LogP contribution in [-0.2, 0) is 0 Å². The molecule has 2 heterocycles. The van der Waals surface area contributed by atoms with Crippen LogP contribution in [0.25, 0.3) is 0 Å². The summed E-state index contributed by atoms with van der Waals surface area (Å²) in [6.07, 6.45) is 1.34. The van der Waals surface area contributed by atoms with Crippen LogP contribution in [0.15, 0.2) is 0 Å². The van der Waals surface area contributed by atoms with Crippen molar-refractivity contribution < 1.29 is 0 Å². The van der Waals surface area contributed by atoms with Crippen molar-refractivity contribution in [1.29, 1.82) is 0 Å². The summed E-state index contributed by atoms with van der Waals surface area (Å²) in [7, 11) is 0. The average molecular weight is 183 g/mol. The summed E-state index contributed by atoms with van der Waals surface area (Å²) in [6, 6.07) is 0.808. The van der Waals surface area contributed by atoms with Crippen LogP contribution < -0.4 is 10.6 Å². The van der Waals surface area contributed by atoms with Crippen molar-refractivity contribution in [3.63, 3.8) is 0 Å². The molecule has 0 aliphatic carbocycles. The lowest BCUT2D eigenvalue weighted by Gasteiger charge is -2.27. The van der Waals surface area contributed by atoms with E-state index in [1.165, 1.54) is 45.7 Å². The van der Waals surface area contributed by atoms with Gasteiger partial charge in [0.1, 0.15) is 0 Å². The SMILES string of the molecule is CC1CNCCN(C2CCNC2)C1. The fourth-order valence-corrected chi connectivity index (χ4v) is 2.41. The van der Waals surface area contributed by atoms with Crippen molar-refractivity contribution in [3.05, 3.63) is 0 Å². The lowest BCUT2D eigenvalue weighted by molar-refractivity contribution is 0.202. The van der Waals surface area contributed by atoms with Gasteiger partial charge in [0, 0.05) is 32.2 Å². The minimum atomic E-state index is 0.808. The minimum absolute atomic E-state index is 0.808. The van der Waals surface area contributed by atoms with E-state index >= 15 is 0 Å². The zero-order valence-electron chi connectivity index (χ0n) is 8.55. The number of hydrogen-bond acceptors (Lipinski definition) is 3. The fraction of sp³-hybridized carbons (Fsp3) is 1.00. The third kappa shape index (κ3) is 2.42. The van der Waals surface area contributed by atoms with E-state index in [9.17, 15) is 0 Å². The van der Waals surface area contributed by atoms with Gasteiger partial charge in [-0.05, 0) is 25.4 Å². The van der Waals surface area contributed by atoms with Crippen LogP contribution in [0.1, 0.15) is 13.3 Å². The topological polar surface area (TPSA) is 27.3 Å². The third-order valence-electron chi connectivity index (χ3n) is 3.17. The van der Waals surface area contributed by atoms with Crippen LogP contribution in [0.2, 0.25) is 0 Å². The predicted molar refractivity (Wildman–Crippen MR) is 54.9 cm³/mol. The molecule has 2 saturated heterocycles. The van der Waals surface area contributed by atoms with E-state index in [0.717, 1.165) is 12.0 Å². The van der Waals surface area contributed by atoms with Gasteiger partial charge in [0.2, 0.25) is 0 Å². The van der Waals surface area contributed by atoms with E-state index in [1.54, 1.807) is 0 Å². The molecule has 3 heteroatoms. The Hall–Kier alpha value is -0.120. The molecule has 2 aliphatic heterocycles. The highest BCUT2D eigenvalue weighted by atomic mass is 15.2. The molecule has 2 N–H and O–H groups in total. The van der Waals surface area contributed by atoms with Crippen molar-refractivity contribution in [1.82, 2.24) is 15.5 Å². The third-order valence-corrected chi connectivity index (χ3v) is 3.17. The second kappa shape index (κ2) is 4.40. The average Bonchev–Trinajstić information content (AvgIpc) is 2.56. The zero-order chi connectivity index (χ0) is 9.10. The largest absolute Gasteiger partial charge is 0.315 e. The van der Waals surface area contributed by atoms with Crippen LogP contribution in [0.5, 0.6) is 0 Å². The molecule has 0 amide bonds. The smallest absolute Gasteiger partial charge is 0.0233 e. The summed E-state index contributed by atoms with van der Waals surface area (Å²) in [6.45, 7) is 9.62. The van der Waals surface area contributed by atoms with Gasteiger partial charge in [-0.25, -0.2) is 0 Å². The maximum Gasteiger partial charge on any atom is 0.0233 e. The molecule has 0 aromatic heterocycles. The molecular weight excluding hydrogens is 162 g/mol. The van der Waals surface area contributed by atoms with Crippen molar-refractivity contribution in [2.45, 2.75) is 19.4 Å². The Bertz CT molecular complexity index is 154. The number of nitrogens with one attached hydrogen (secondary N) is 2. The van der Waals surface area contributed by atoms with Crippen LogP contribution in [-0.4, -0.2) is 50.2 Å². The first-order valence-electron chi connectivity index (χ1n) is 5.52. The van der Waals surface area contributed by atoms with Crippen LogP contribution in [0.3, 0.4) is 0 Å². The lowest BCUT2D eigenvalue weighted by Crippen LogP contribution is -2.40. The second-order valence-electron chi connectivity index (χ2n) is 4.45. The van der Waals surface area contributed by atoms with E-state index in [0.29, 0.717) is 0 Å². The highest BCUT2D eigenvalue weighted by molar-refractivity contribution is 4.83. The quantitative estimate of drug-likeness (QED) is 0.594. The fourth-order valence-electron chi connectivity index (χ4n) is 2.41. The van der Waals surface area contributed by atoms with Crippen molar-refractivity contribution in [3.8, 4) is 0 Å². The summed E-state index contributed by atoms with van der Waals surface area (Å²) in [5.74, 6) is 0.808. The molecule has 0 radical (unpaired) electrons.